The maximum absolute atomic E-state index is 13.1. The van der Waals surface area contributed by atoms with Crippen molar-refractivity contribution in [1.82, 2.24) is 14.8 Å². The summed E-state index contributed by atoms with van der Waals surface area (Å²) in [4.78, 5) is 21.2. The molecule has 0 unspecified atom stereocenters. The number of hydrogen-bond donors (Lipinski definition) is 0. The van der Waals surface area contributed by atoms with Crippen molar-refractivity contribution in [2.24, 2.45) is 0 Å². The summed E-state index contributed by atoms with van der Waals surface area (Å²) in [5.74, 6) is 2.24. The Bertz CT molecular complexity index is 1100. The number of methoxy groups -OCH3 is 2. The van der Waals surface area contributed by atoms with Crippen molar-refractivity contribution in [2.45, 2.75) is 20.0 Å². The summed E-state index contributed by atoms with van der Waals surface area (Å²) in [6.45, 7) is 4.50. The van der Waals surface area contributed by atoms with Crippen LogP contribution < -0.4 is 9.47 Å². The molecule has 8 heteroatoms. The van der Waals surface area contributed by atoms with Crippen LogP contribution in [0.25, 0.3) is 11.5 Å². The summed E-state index contributed by atoms with van der Waals surface area (Å²) >= 11 is 0. The van der Waals surface area contributed by atoms with Crippen molar-refractivity contribution in [1.29, 1.82) is 0 Å². The lowest BCUT2D eigenvalue weighted by atomic mass is 10.2. The average Bonchev–Trinajstić information content (AvgIpc) is 3.16. The first kappa shape index (κ1) is 21.8. The van der Waals surface area contributed by atoms with E-state index in [1.54, 1.807) is 37.3 Å². The number of halogens is 1. The van der Waals surface area contributed by atoms with E-state index in [2.05, 4.69) is 9.88 Å². The minimum Gasteiger partial charge on any atom is -0.497 e. The smallest absolute Gasteiger partial charge is 0.237 e. The molecule has 0 bridgehead atoms. The van der Waals surface area contributed by atoms with E-state index in [-0.39, 0.29) is 11.7 Å². The van der Waals surface area contributed by atoms with Gasteiger partial charge >= 0.3 is 0 Å². The van der Waals surface area contributed by atoms with Crippen LogP contribution in [0.4, 0.5) is 4.39 Å². The number of aromatic nitrogens is 1. The van der Waals surface area contributed by atoms with Crippen LogP contribution in [0, 0.1) is 12.7 Å². The van der Waals surface area contributed by atoms with Crippen LogP contribution in [0.15, 0.2) is 46.9 Å². The first-order valence-electron chi connectivity index (χ1n) is 10.4. The zero-order chi connectivity index (χ0) is 22.7. The predicted molar refractivity (Wildman–Crippen MR) is 117 cm³/mol. The molecule has 0 radical (unpaired) electrons. The van der Waals surface area contributed by atoms with Gasteiger partial charge in [0.25, 0.3) is 0 Å². The Labute approximate surface area is 186 Å². The highest BCUT2D eigenvalue weighted by Gasteiger charge is 2.26. The molecule has 1 aliphatic rings. The Morgan fingerprint density at radius 1 is 1.06 bits per heavy atom. The van der Waals surface area contributed by atoms with E-state index in [1.807, 2.05) is 19.1 Å². The SMILES string of the molecule is COc1ccc(-c2nc(CN3CCN(Cc4ccc(F)cc4)C(=O)C3)c(C)o2)c(OC)c1. The van der Waals surface area contributed by atoms with Gasteiger partial charge < -0.3 is 18.8 Å². The summed E-state index contributed by atoms with van der Waals surface area (Å²) in [6.07, 6.45) is 0. The van der Waals surface area contributed by atoms with Crippen LogP contribution in [0.5, 0.6) is 11.5 Å². The third-order valence-electron chi connectivity index (χ3n) is 5.59. The van der Waals surface area contributed by atoms with Crippen LogP contribution in [0.3, 0.4) is 0 Å². The van der Waals surface area contributed by atoms with E-state index in [1.165, 1.54) is 12.1 Å². The number of carbonyl (C=O) groups is 1. The molecule has 0 atom stereocenters. The van der Waals surface area contributed by atoms with Gasteiger partial charge in [0.15, 0.2) is 0 Å². The summed E-state index contributed by atoms with van der Waals surface area (Å²) in [5, 5.41) is 0. The number of carbonyl (C=O) groups excluding carboxylic acids is 1. The molecule has 0 spiro atoms. The van der Waals surface area contributed by atoms with Crippen LogP contribution in [0.2, 0.25) is 0 Å². The van der Waals surface area contributed by atoms with Crippen molar-refractivity contribution in [3.05, 3.63) is 65.3 Å². The number of benzene rings is 2. The number of nitrogens with zero attached hydrogens (tertiary/aromatic N) is 3. The highest BCUT2D eigenvalue weighted by Crippen LogP contribution is 2.34. The fourth-order valence-corrected chi connectivity index (χ4v) is 3.75. The molecule has 1 fully saturated rings. The summed E-state index contributed by atoms with van der Waals surface area (Å²) < 4.78 is 29.7. The molecule has 3 aromatic rings. The maximum atomic E-state index is 13.1. The molecule has 0 N–H and O–H groups in total. The molecule has 168 valence electrons. The molecule has 1 saturated heterocycles. The minimum absolute atomic E-state index is 0.0405. The highest BCUT2D eigenvalue weighted by molar-refractivity contribution is 5.79. The number of rotatable bonds is 7. The van der Waals surface area contributed by atoms with Crippen LogP contribution in [-0.2, 0) is 17.9 Å². The molecule has 1 aliphatic heterocycles. The van der Waals surface area contributed by atoms with Gasteiger partial charge in [-0.1, -0.05) is 12.1 Å². The first-order chi connectivity index (χ1) is 15.5. The summed E-state index contributed by atoms with van der Waals surface area (Å²) in [5.41, 5.74) is 2.44. The Morgan fingerprint density at radius 3 is 2.53 bits per heavy atom. The third-order valence-corrected chi connectivity index (χ3v) is 5.59. The number of amides is 1. The van der Waals surface area contributed by atoms with Crippen molar-refractivity contribution in [3.8, 4) is 23.0 Å². The standard InChI is InChI=1S/C24H26FN3O4/c1-16-21(26-24(32-16)20-9-8-19(30-2)12-22(20)31-3)14-27-10-11-28(23(29)15-27)13-17-4-6-18(25)7-5-17/h4-9,12H,10-11,13-15H2,1-3H3. The number of aryl methyl sites for hydroxylation is 1. The normalized spacial score (nSPS) is 14.6. The molecule has 1 aromatic heterocycles. The van der Waals surface area contributed by atoms with E-state index in [0.29, 0.717) is 49.3 Å². The second-order valence-corrected chi connectivity index (χ2v) is 7.74. The van der Waals surface area contributed by atoms with Gasteiger partial charge in [-0.3, -0.25) is 9.69 Å². The monoisotopic (exact) mass is 439 g/mol. The second kappa shape index (κ2) is 9.40. The van der Waals surface area contributed by atoms with Gasteiger partial charge in [0.1, 0.15) is 23.1 Å². The minimum atomic E-state index is -0.278. The molecule has 0 saturated carbocycles. The predicted octanol–water partition coefficient (Wildman–Crippen LogP) is 3.65. The van der Waals surface area contributed by atoms with Gasteiger partial charge in [-0.05, 0) is 36.8 Å². The Morgan fingerprint density at radius 2 is 1.84 bits per heavy atom. The topological polar surface area (TPSA) is 68.0 Å². The molecule has 7 nitrogen and oxygen atoms in total. The molecule has 2 heterocycles. The zero-order valence-electron chi connectivity index (χ0n) is 18.4. The lowest BCUT2D eigenvalue weighted by Gasteiger charge is -2.34. The molecular formula is C24H26FN3O4. The quantitative estimate of drug-likeness (QED) is 0.560. The van der Waals surface area contributed by atoms with Crippen LogP contribution in [-0.4, -0.2) is 54.5 Å². The van der Waals surface area contributed by atoms with Crippen molar-refractivity contribution in [2.75, 3.05) is 33.9 Å². The van der Waals surface area contributed by atoms with Crippen molar-refractivity contribution >= 4 is 5.91 Å². The lowest BCUT2D eigenvalue weighted by molar-refractivity contribution is -0.136. The Kier molecular flexibility index (Phi) is 6.41. The number of oxazole rings is 1. The fourth-order valence-electron chi connectivity index (χ4n) is 3.75. The van der Waals surface area contributed by atoms with E-state index < -0.39 is 0 Å². The molecule has 2 aromatic carbocycles. The number of hydrogen-bond acceptors (Lipinski definition) is 6. The fraction of sp³-hybridized carbons (Fsp3) is 0.333. The van der Waals surface area contributed by atoms with Gasteiger partial charge in [0.05, 0.1) is 32.0 Å². The third kappa shape index (κ3) is 4.75. The number of ether oxygens (including phenoxy) is 2. The summed E-state index contributed by atoms with van der Waals surface area (Å²) in [7, 11) is 3.19. The maximum Gasteiger partial charge on any atom is 0.237 e. The van der Waals surface area contributed by atoms with Crippen LogP contribution in [0.1, 0.15) is 17.0 Å². The van der Waals surface area contributed by atoms with Gasteiger partial charge in [0, 0.05) is 32.2 Å². The van der Waals surface area contributed by atoms with E-state index >= 15 is 0 Å². The van der Waals surface area contributed by atoms with Gasteiger partial charge in [0.2, 0.25) is 11.8 Å². The second-order valence-electron chi connectivity index (χ2n) is 7.74. The molecule has 4 rings (SSSR count). The van der Waals surface area contributed by atoms with E-state index in [0.717, 1.165) is 23.4 Å². The highest BCUT2D eigenvalue weighted by atomic mass is 19.1. The average molecular weight is 439 g/mol. The molecule has 0 aliphatic carbocycles. The van der Waals surface area contributed by atoms with Gasteiger partial charge in [-0.2, -0.15) is 0 Å². The van der Waals surface area contributed by atoms with Crippen molar-refractivity contribution in [3.63, 3.8) is 0 Å². The van der Waals surface area contributed by atoms with Crippen molar-refractivity contribution < 1.29 is 23.1 Å². The van der Waals surface area contributed by atoms with E-state index in [9.17, 15) is 9.18 Å². The lowest BCUT2D eigenvalue weighted by Crippen LogP contribution is -2.49. The Hall–Kier alpha value is -3.39. The largest absolute Gasteiger partial charge is 0.497 e. The summed E-state index contributed by atoms with van der Waals surface area (Å²) in [6, 6.07) is 11.7. The first-order valence-corrected chi connectivity index (χ1v) is 10.4. The zero-order valence-corrected chi connectivity index (χ0v) is 18.4. The van der Waals surface area contributed by atoms with Crippen LogP contribution >= 0.6 is 0 Å². The molecule has 32 heavy (non-hydrogen) atoms. The molecule has 1 amide bonds. The van der Waals surface area contributed by atoms with Gasteiger partial charge in [-0.25, -0.2) is 9.37 Å². The number of piperazine rings is 1. The van der Waals surface area contributed by atoms with Gasteiger partial charge in [-0.15, -0.1) is 0 Å². The Balaban J connectivity index is 1.42. The van der Waals surface area contributed by atoms with E-state index in [4.69, 9.17) is 13.9 Å². The molecular weight excluding hydrogens is 413 g/mol.